The maximum absolute atomic E-state index is 13.5. The van der Waals surface area contributed by atoms with Crippen molar-refractivity contribution in [3.8, 4) is 5.75 Å². The second-order valence-electron chi connectivity index (χ2n) is 11.7. The number of hydrogen-bond donors (Lipinski definition) is 1. The van der Waals surface area contributed by atoms with E-state index in [-0.39, 0.29) is 22.8 Å². The van der Waals surface area contributed by atoms with Gasteiger partial charge in [-0.3, -0.25) is 9.69 Å². The molecule has 4 nitrogen and oxygen atoms in total. The maximum atomic E-state index is 13.5. The van der Waals surface area contributed by atoms with E-state index in [0.717, 1.165) is 43.7 Å². The number of hydrogen-bond acceptors (Lipinski definition) is 3. The van der Waals surface area contributed by atoms with Gasteiger partial charge in [0.1, 0.15) is 5.75 Å². The van der Waals surface area contributed by atoms with E-state index in [2.05, 4.69) is 29.2 Å². The molecule has 0 radical (unpaired) electrons. The molecule has 3 fully saturated rings. The number of likely N-dealkylation sites (tertiary alicyclic amines) is 1. The van der Waals surface area contributed by atoms with Crippen LogP contribution in [0.15, 0.2) is 60.7 Å². The number of phenolic OH excluding ortho intramolecular Hbond substituents is 1. The fourth-order valence-corrected chi connectivity index (χ4v) is 8.35. The Hall–Kier alpha value is -2.59. The molecule has 1 amide bonds. The molecule has 1 saturated heterocycles. The van der Waals surface area contributed by atoms with Crippen molar-refractivity contribution in [2.75, 3.05) is 20.1 Å². The summed E-state index contributed by atoms with van der Waals surface area (Å²) in [7, 11) is 2.00. The summed E-state index contributed by atoms with van der Waals surface area (Å²) >= 11 is 0. The van der Waals surface area contributed by atoms with Gasteiger partial charge in [0.05, 0.1) is 0 Å². The maximum Gasteiger partial charge on any atom is 0.253 e. The van der Waals surface area contributed by atoms with Gasteiger partial charge in [-0.25, -0.2) is 0 Å². The van der Waals surface area contributed by atoms with Crippen LogP contribution in [0, 0.1) is 17.3 Å². The zero-order chi connectivity index (χ0) is 23.1. The topological polar surface area (TPSA) is 43.8 Å². The fourth-order valence-electron chi connectivity index (χ4n) is 8.35. The summed E-state index contributed by atoms with van der Waals surface area (Å²) in [4.78, 5) is 18.3. The van der Waals surface area contributed by atoms with E-state index in [0.29, 0.717) is 17.7 Å². The van der Waals surface area contributed by atoms with Crippen molar-refractivity contribution < 1.29 is 9.90 Å². The van der Waals surface area contributed by atoms with Crippen LogP contribution in [-0.2, 0) is 11.8 Å². The Morgan fingerprint density at radius 1 is 1.12 bits per heavy atom. The van der Waals surface area contributed by atoms with Crippen LogP contribution >= 0.6 is 0 Å². The van der Waals surface area contributed by atoms with Crippen LogP contribution < -0.4 is 0 Å². The number of carbonyl (C=O) groups is 1. The van der Waals surface area contributed by atoms with Crippen molar-refractivity contribution in [1.82, 2.24) is 9.80 Å². The minimum absolute atomic E-state index is 0.0168. The third kappa shape index (κ3) is 2.78. The van der Waals surface area contributed by atoms with Gasteiger partial charge in [0.2, 0.25) is 0 Å². The number of aromatic hydroxyl groups is 1. The lowest BCUT2D eigenvalue weighted by atomic mass is 9.45. The van der Waals surface area contributed by atoms with Gasteiger partial charge in [-0.05, 0) is 92.3 Å². The predicted octanol–water partition coefficient (Wildman–Crippen LogP) is 4.78. The van der Waals surface area contributed by atoms with Gasteiger partial charge < -0.3 is 10.0 Å². The van der Waals surface area contributed by atoms with Crippen LogP contribution in [-0.4, -0.2) is 53.0 Å². The number of nitrogens with zero attached hydrogens (tertiary/aromatic N) is 2. The lowest BCUT2D eigenvalue weighted by Gasteiger charge is -2.65. The predicted molar refractivity (Wildman–Crippen MR) is 133 cm³/mol. The second kappa shape index (κ2) is 7.21. The Labute approximate surface area is 202 Å². The standard InChI is InChI=1S/C30H34N2O2/c1-31(28(34)21-5-3-2-4-6-21)26-18-29-13-14-32(19-20-7-8-20)27-12-10-23(26)17-30(27,29)16-22-9-11-24(33)15-25(22)29/h2-6,9-12,15,20,23,26-27,33H,7-8,13-14,16-19H2,1H3/t23-,26+,27+,29-,30-/m1/s1. The second-order valence-corrected chi connectivity index (χ2v) is 11.7. The number of carbonyl (C=O) groups excluding carboxylic acids is 1. The fraction of sp³-hybridized carbons (Fsp3) is 0.500. The Morgan fingerprint density at radius 2 is 1.94 bits per heavy atom. The van der Waals surface area contributed by atoms with Gasteiger partial charge in [-0.1, -0.05) is 36.4 Å². The average Bonchev–Trinajstić information content (AvgIpc) is 3.64. The molecule has 5 aliphatic rings. The lowest BCUT2D eigenvalue weighted by molar-refractivity contribution is -0.0934. The monoisotopic (exact) mass is 454 g/mol. The number of phenols is 1. The third-order valence-corrected chi connectivity index (χ3v) is 10.1. The molecule has 7 rings (SSSR count). The Kier molecular flexibility index (Phi) is 4.40. The molecule has 4 heteroatoms. The minimum Gasteiger partial charge on any atom is -0.508 e. The van der Waals surface area contributed by atoms with Crippen LogP contribution in [0.5, 0.6) is 5.75 Å². The molecular formula is C30H34N2O2. The SMILES string of the molecule is CN(C(=O)c1ccccc1)[C@H]1C[C@@]23CCN(CC4CC4)[C@H]4C=C[C@@H]1C[C@]42Cc1ccc(O)cc13. The van der Waals surface area contributed by atoms with Crippen LogP contribution in [0.3, 0.4) is 0 Å². The molecule has 176 valence electrons. The molecule has 4 aliphatic carbocycles. The Bertz CT molecular complexity index is 1170. The molecule has 1 spiro atoms. The van der Waals surface area contributed by atoms with Crippen LogP contribution in [0.2, 0.25) is 0 Å². The minimum atomic E-state index is 0.0168. The summed E-state index contributed by atoms with van der Waals surface area (Å²) in [6, 6.07) is 16.4. The molecule has 0 unspecified atom stereocenters. The number of piperidine rings is 1. The quantitative estimate of drug-likeness (QED) is 0.677. The zero-order valence-corrected chi connectivity index (χ0v) is 20.0. The van der Waals surface area contributed by atoms with Crippen molar-refractivity contribution >= 4 is 5.91 Å². The van der Waals surface area contributed by atoms with Gasteiger partial charge in [0.25, 0.3) is 5.91 Å². The van der Waals surface area contributed by atoms with Crippen LogP contribution in [0.4, 0.5) is 0 Å². The van der Waals surface area contributed by atoms with E-state index < -0.39 is 0 Å². The van der Waals surface area contributed by atoms with E-state index in [4.69, 9.17) is 0 Å². The number of rotatable bonds is 4. The van der Waals surface area contributed by atoms with Crippen LogP contribution in [0.25, 0.3) is 0 Å². The van der Waals surface area contributed by atoms with Crippen molar-refractivity contribution in [2.24, 2.45) is 17.3 Å². The molecule has 2 bridgehead atoms. The van der Waals surface area contributed by atoms with Crippen molar-refractivity contribution in [3.63, 3.8) is 0 Å². The van der Waals surface area contributed by atoms with E-state index >= 15 is 0 Å². The zero-order valence-electron chi connectivity index (χ0n) is 20.0. The first kappa shape index (κ1) is 20.8. The van der Waals surface area contributed by atoms with E-state index in [1.54, 1.807) is 0 Å². The van der Waals surface area contributed by atoms with E-state index in [1.165, 1.54) is 30.5 Å². The molecular weight excluding hydrogens is 420 g/mol. The molecule has 2 saturated carbocycles. The molecule has 5 atom stereocenters. The van der Waals surface area contributed by atoms with Gasteiger partial charge in [-0.2, -0.15) is 0 Å². The first-order valence-electron chi connectivity index (χ1n) is 13.1. The van der Waals surface area contributed by atoms with Gasteiger partial charge >= 0.3 is 0 Å². The summed E-state index contributed by atoms with van der Waals surface area (Å²) in [6.45, 7) is 2.34. The average molecular weight is 455 g/mol. The summed E-state index contributed by atoms with van der Waals surface area (Å²) < 4.78 is 0. The third-order valence-electron chi connectivity index (χ3n) is 10.1. The Balaban J connectivity index is 1.32. The van der Waals surface area contributed by atoms with Gasteiger partial charge in [-0.15, -0.1) is 0 Å². The molecule has 1 N–H and O–H groups in total. The summed E-state index contributed by atoms with van der Waals surface area (Å²) in [6.07, 6.45) is 12.1. The van der Waals surface area contributed by atoms with Gasteiger partial charge in [0.15, 0.2) is 0 Å². The highest BCUT2D eigenvalue weighted by atomic mass is 16.3. The highest BCUT2D eigenvalue weighted by molar-refractivity contribution is 5.94. The molecule has 2 aromatic carbocycles. The van der Waals surface area contributed by atoms with Crippen LogP contribution in [0.1, 0.15) is 53.6 Å². The lowest BCUT2D eigenvalue weighted by Crippen LogP contribution is -2.68. The number of fused-ring (bicyclic) bond motifs is 2. The smallest absolute Gasteiger partial charge is 0.253 e. The first-order chi connectivity index (χ1) is 16.5. The number of amides is 1. The summed E-state index contributed by atoms with van der Waals surface area (Å²) in [5.41, 5.74) is 3.73. The summed E-state index contributed by atoms with van der Waals surface area (Å²) in [5.74, 6) is 1.76. The molecule has 1 aliphatic heterocycles. The highest BCUT2D eigenvalue weighted by Crippen LogP contribution is 2.68. The van der Waals surface area contributed by atoms with Crippen molar-refractivity contribution in [3.05, 3.63) is 77.4 Å². The molecule has 34 heavy (non-hydrogen) atoms. The Morgan fingerprint density at radius 3 is 2.74 bits per heavy atom. The van der Waals surface area contributed by atoms with Crippen molar-refractivity contribution in [2.45, 2.75) is 56.0 Å². The molecule has 1 heterocycles. The normalized spacial score (nSPS) is 35.5. The first-order valence-corrected chi connectivity index (χ1v) is 13.1. The van der Waals surface area contributed by atoms with Gasteiger partial charge in [0, 0.05) is 42.1 Å². The number of benzene rings is 2. The highest BCUT2D eigenvalue weighted by Gasteiger charge is 2.68. The van der Waals surface area contributed by atoms with Crippen molar-refractivity contribution in [1.29, 1.82) is 0 Å². The molecule has 2 aromatic rings. The summed E-state index contributed by atoms with van der Waals surface area (Å²) in [5, 5.41) is 10.5. The largest absolute Gasteiger partial charge is 0.508 e. The molecule has 0 aromatic heterocycles. The van der Waals surface area contributed by atoms with E-state index in [1.807, 2.05) is 48.3 Å². The van der Waals surface area contributed by atoms with E-state index in [9.17, 15) is 9.90 Å².